The van der Waals surface area contributed by atoms with Gasteiger partial charge in [-0.25, -0.2) is 0 Å². The third kappa shape index (κ3) is 4.32. The molecule has 2 aliphatic rings. The van der Waals surface area contributed by atoms with Crippen molar-refractivity contribution in [3.05, 3.63) is 35.9 Å². The van der Waals surface area contributed by atoms with Crippen LogP contribution in [-0.2, 0) is 16.1 Å². The van der Waals surface area contributed by atoms with E-state index in [1.165, 1.54) is 0 Å². The smallest absolute Gasteiger partial charge is 0.306 e. The topological polar surface area (TPSA) is 60.9 Å². The summed E-state index contributed by atoms with van der Waals surface area (Å²) in [4.78, 5) is 27.8. The highest BCUT2D eigenvalue weighted by Crippen LogP contribution is 2.29. The van der Waals surface area contributed by atoms with E-state index in [4.69, 9.17) is 5.11 Å². The maximum atomic E-state index is 12.7. The Morgan fingerprint density at radius 3 is 2.30 bits per heavy atom. The Balaban J connectivity index is 1.54. The number of benzene rings is 1. The van der Waals surface area contributed by atoms with Crippen molar-refractivity contribution in [3.63, 3.8) is 0 Å². The molecule has 1 aliphatic carbocycles. The van der Waals surface area contributed by atoms with Gasteiger partial charge in [-0.05, 0) is 44.3 Å². The van der Waals surface area contributed by atoms with Gasteiger partial charge in [0.2, 0.25) is 5.91 Å². The first-order valence-electron chi connectivity index (χ1n) is 8.42. The molecule has 1 heterocycles. The van der Waals surface area contributed by atoms with Gasteiger partial charge in [0, 0.05) is 12.6 Å². The molecule has 3 rings (SSSR count). The number of hydrogen-bond donors (Lipinski definition) is 1. The Kier molecular flexibility index (Phi) is 4.96. The molecule has 124 valence electrons. The molecule has 2 fully saturated rings. The normalized spacial score (nSPS) is 19.5. The Bertz CT molecular complexity index is 549. The molecule has 0 radical (unpaired) electrons. The summed E-state index contributed by atoms with van der Waals surface area (Å²) in [6.07, 6.45) is 3.48. The van der Waals surface area contributed by atoms with Crippen LogP contribution in [0.2, 0.25) is 0 Å². The first kappa shape index (κ1) is 16.0. The van der Waals surface area contributed by atoms with Gasteiger partial charge in [0.1, 0.15) is 0 Å². The third-order valence-corrected chi connectivity index (χ3v) is 4.80. The number of carbonyl (C=O) groups is 2. The van der Waals surface area contributed by atoms with Gasteiger partial charge in [-0.15, -0.1) is 0 Å². The van der Waals surface area contributed by atoms with Crippen molar-refractivity contribution >= 4 is 11.9 Å². The molecule has 0 aromatic heterocycles. The molecule has 5 heteroatoms. The van der Waals surface area contributed by atoms with E-state index in [2.05, 4.69) is 17.0 Å². The monoisotopic (exact) mass is 316 g/mol. The first-order chi connectivity index (χ1) is 11.1. The number of likely N-dealkylation sites (tertiary alicyclic amines) is 1. The van der Waals surface area contributed by atoms with Gasteiger partial charge >= 0.3 is 5.97 Å². The Labute approximate surface area is 136 Å². The minimum absolute atomic E-state index is 0.171. The van der Waals surface area contributed by atoms with Crippen LogP contribution in [0.4, 0.5) is 0 Å². The van der Waals surface area contributed by atoms with Crippen molar-refractivity contribution in [2.45, 2.75) is 38.3 Å². The summed E-state index contributed by atoms with van der Waals surface area (Å²) in [7, 11) is 0. The Morgan fingerprint density at radius 2 is 1.74 bits per heavy atom. The predicted molar refractivity (Wildman–Crippen MR) is 86.8 cm³/mol. The molecule has 1 aliphatic heterocycles. The van der Waals surface area contributed by atoms with Gasteiger partial charge in [0.15, 0.2) is 0 Å². The second kappa shape index (κ2) is 7.13. The summed E-state index contributed by atoms with van der Waals surface area (Å²) in [6, 6.07) is 10.5. The number of aliphatic carboxylic acids is 1. The van der Waals surface area contributed by atoms with E-state index in [-0.39, 0.29) is 11.8 Å². The van der Waals surface area contributed by atoms with Crippen LogP contribution >= 0.6 is 0 Å². The number of carboxylic acid groups (broad SMARTS) is 1. The number of piperidine rings is 1. The minimum atomic E-state index is -0.709. The van der Waals surface area contributed by atoms with Crippen LogP contribution in [0.15, 0.2) is 30.3 Å². The van der Waals surface area contributed by atoms with Crippen molar-refractivity contribution in [2.24, 2.45) is 5.92 Å². The summed E-state index contributed by atoms with van der Waals surface area (Å²) in [5.41, 5.74) is 1.16. The molecule has 0 bridgehead atoms. The summed E-state index contributed by atoms with van der Waals surface area (Å²) in [6.45, 7) is 2.49. The molecular formula is C18H24N2O3. The lowest BCUT2D eigenvalue weighted by Crippen LogP contribution is -2.44. The van der Waals surface area contributed by atoms with E-state index in [0.29, 0.717) is 45.1 Å². The zero-order chi connectivity index (χ0) is 16.2. The second-order valence-electron chi connectivity index (χ2n) is 6.63. The maximum Gasteiger partial charge on any atom is 0.306 e. The Morgan fingerprint density at radius 1 is 1.09 bits per heavy atom. The van der Waals surface area contributed by atoms with Crippen LogP contribution in [-0.4, -0.2) is 52.5 Å². The number of nitrogens with zero attached hydrogens (tertiary/aromatic N) is 2. The van der Waals surface area contributed by atoms with Gasteiger partial charge in [-0.3, -0.25) is 14.5 Å². The fourth-order valence-electron chi connectivity index (χ4n) is 3.21. The van der Waals surface area contributed by atoms with E-state index in [0.717, 1.165) is 18.4 Å². The molecule has 1 saturated heterocycles. The molecule has 5 nitrogen and oxygen atoms in total. The number of rotatable bonds is 6. The molecule has 1 saturated carbocycles. The number of carbonyl (C=O) groups excluding carboxylic acids is 1. The van der Waals surface area contributed by atoms with E-state index >= 15 is 0 Å². The van der Waals surface area contributed by atoms with E-state index in [9.17, 15) is 9.59 Å². The van der Waals surface area contributed by atoms with E-state index < -0.39 is 5.97 Å². The van der Waals surface area contributed by atoms with Crippen molar-refractivity contribution in [1.82, 2.24) is 9.80 Å². The fourth-order valence-corrected chi connectivity index (χ4v) is 3.21. The standard InChI is InChI=1S/C18H24N2O3/c21-17(13-19-10-8-15(9-11-19)18(22)23)20(16-6-7-16)12-14-4-2-1-3-5-14/h1-5,15-16H,6-13H2,(H,22,23). The zero-order valence-electron chi connectivity index (χ0n) is 13.4. The molecule has 0 unspecified atom stereocenters. The molecule has 23 heavy (non-hydrogen) atoms. The Hall–Kier alpha value is -1.88. The van der Waals surface area contributed by atoms with Gasteiger partial charge in [-0.1, -0.05) is 30.3 Å². The van der Waals surface area contributed by atoms with Gasteiger partial charge in [0.25, 0.3) is 0 Å². The summed E-state index contributed by atoms with van der Waals surface area (Å²) < 4.78 is 0. The number of carboxylic acids is 1. The zero-order valence-corrected chi connectivity index (χ0v) is 13.4. The lowest BCUT2D eigenvalue weighted by atomic mass is 9.97. The molecule has 1 amide bonds. The average Bonchev–Trinajstić information content (AvgIpc) is 3.39. The SMILES string of the molecule is O=C(O)C1CCN(CC(=O)N(Cc2ccccc2)C2CC2)CC1. The number of hydrogen-bond acceptors (Lipinski definition) is 3. The lowest BCUT2D eigenvalue weighted by Gasteiger charge is -2.32. The highest BCUT2D eigenvalue weighted by atomic mass is 16.4. The molecule has 0 atom stereocenters. The molecule has 1 aromatic carbocycles. The maximum absolute atomic E-state index is 12.7. The van der Waals surface area contributed by atoms with Gasteiger partial charge < -0.3 is 10.0 Å². The van der Waals surface area contributed by atoms with Crippen molar-refractivity contribution < 1.29 is 14.7 Å². The van der Waals surface area contributed by atoms with Crippen molar-refractivity contribution in [2.75, 3.05) is 19.6 Å². The highest BCUT2D eigenvalue weighted by Gasteiger charge is 2.34. The van der Waals surface area contributed by atoms with Crippen LogP contribution < -0.4 is 0 Å². The second-order valence-corrected chi connectivity index (χ2v) is 6.63. The summed E-state index contributed by atoms with van der Waals surface area (Å²) >= 11 is 0. The largest absolute Gasteiger partial charge is 0.481 e. The quantitative estimate of drug-likeness (QED) is 0.872. The van der Waals surface area contributed by atoms with Crippen LogP contribution in [0.3, 0.4) is 0 Å². The minimum Gasteiger partial charge on any atom is -0.481 e. The average molecular weight is 316 g/mol. The number of amides is 1. The van der Waals surface area contributed by atoms with E-state index in [1.807, 2.05) is 23.1 Å². The fraction of sp³-hybridized carbons (Fsp3) is 0.556. The molecule has 0 spiro atoms. The van der Waals surface area contributed by atoms with Gasteiger partial charge in [-0.2, -0.15) is 0 Å². The third-order valence-electron chi connectivity index (χ3n) is 4.80. The molecular weight excluding hydrogens is 292 g/mol. The molecule has 1 N–H and O–H groups in total. The van der Waals surface area contributed by atoms with Crippen molar-refractivity contribution in [1.29, 1.82) is 0 Å². The van der Waals surface area contributed by atoms with Crippen LogP contribution in [0.5, 0.6) is 0 Å². The van der Waals surface area contributed by atoms with Crippen molar-refractivity contribution in [3.8, 4) is 0 Å². The van der Waals surface area contributed by atoms with Crippen LogP contribution in [0, 0.1) is 5.92 Å². The van der Waals surface area contributed by atoms with Crippen LogP contribution in [0.25, 0.3) is 0 Å². The van der Waals surface area contributed by atoms with Crippen LogP contribution in [0.1, 0.15) is 31.2 Å². The first-order valence-corrected chi connectivity index (χ1v) is 8.42. The molecule has 1 aromatic rings. The highest BCUT2D eigenvalue weighted by molar-refractivity contribution is 5.79. The predicted octanol–water partition coefficient (Wildman–Crippen LogP) is 1.97. The summed E-state index contributed by atoms with van der Waals surface area (Å²) in [5, 5.41) is 9.05. The lowest BCUT2D eigenvalue weighted by molar-refractivity contribution is -0.143. The summed E-state index contributed by atoms with van der Waals surface area (Å²) in [5.74, 6) is -0.782. The van der Waals surface area contributed by atoms with E-state index in [1.54, 1.807) is 0 Å². The van der Waals surface area contributed by atoms with Gasteiger partial charge in [0.05, 0.1) is 12.5 Å².